The Kier molecular flexibility index (Phi) is 7.74. The van der Waals surface area contributed by atoms with Crippen LogP contribution >= 0.6 is 0 Å². The number of benzene rings is 2. The fraction of sp³-hybridized carbons (Fsp3) is 0.296. The smallest absolute Gasteiger partial charge is 0.275 e. The van der Waals surface area contributed by atoms with Crippen molar-refractivity contribution >= 4 is 18.1 Å². The number of carbonyl (C=O) groups excluding carboxylic acids is 1. The van der Waals surface area contributed by atoms with Crippen molar-refractivity contribution in [3.8, 4) is 0 Å². The van der Waals surface area contributed by atoms with E-state index >= 15 is 0 Å². The normalized spacial score (nSPS) is 15.5. The van der Waals surface area contributed by atoms with E-state index in [4.69, 9.17) is 5.11 Å². The Morgan fingerprint density at radius 2 is 1.37 bits per heavy atom. The molecule has 8 heteroatoms. The van der Waals surface area contributed by atoms with Crippen LogP contribution in [0.15, 0.2) is 70.3 Å². The summed E-state index contributed by atoms with van der Waals surface area (Å²) in [5.41, 5.74) is 0.807. The number of aromatic nitrogens is 2. The number of piperazine rings is 1. The lowest BCUT2D eigenvalue weighted by Gasteiger charge is -2.34. The van der Waals surface area contributed by atoms with Crippen LogP contribution in [0.2, 0.25) is 0 Å². The molecule has 0 aliphatic carbocycles. The van der Waals surface area contributed by atoms with Gasteiger partial charge >= 0.3 is 0 Å². The van der Waals surface area contributed by atoms with Crippen LogP contribution in [0.4, 0.5) is 0 Å². The minimum Gasteiger partial charge on any atom is -0.395 e. The minimum atomic E-state index is -0.398. The second kappa shape index (κ2) is 11.1. The van der Waals surface area contributed by atoms with E-state index in [9.17, 15) is 14.4 Å². The SMILES string of the molecule is Cn1c(=O)/c(=C/c2ccccc2)n(CC(=O)N2CCN(CCO)CC2)c(=O)/c1=C/c1ccccc1. The van der Waals surface area contributed by atoms with Crippen molar-refractivity contribution in [3.63, 3.8) is 0 Å². The Morgan fingerprint density at radius 1 is 0.829 bits per heavy atom. The molecule has 0 saturated carbocycles. The number of nitrogens with zero attached hydrogens (tertiary/aromatic N) is 4. The Hall–Kier alpha value is -3.75. The summed E-state index contributed by atoms with van der Waals surface area (Å²) in [7, 11) is 1.58. The van der Waals surface area contributed by atoms with Gasteiger partial charge in [-0.25, -0.2) is 0 Å². The predicted molar refractivity (Wildman–Crippen MR) is 135 cm³/mol. The van der Waals surface area contributed by atoms with Gasteiger partial charge in [-0.1, -0.05) is 60.7 Å². The Bertz CT molecular complexity index is 1400. The number of hydrogen-bond donors (Lipinski definition) is 1. The van der Waals surface area contributed by atoms with Gasteiger partial charge < -0.3 is 14.6 Å². The molecule has 0 spiro atoms. The summed E-state index contributed by atoms with van der Waals surface area (Å²) in [4.78, 5) is 44.1. The number of aliphatic hydroxyl groups excluding tert-OH is 1. The highest BCUT2D eigenvalue weighted by molar-refractivity contribution is 5.76. The van der Waals surface area contributed by atoms with Crippen LogP contribution in [0.5, 0.6) is 0 Å². The van der Waals surface area contributed by atoms with Crippen molar-refractivity contribution in [1.29, 1.82) is 0 Å². The van der Waals surface area contributed by atoms with Gasteiger partial charge in [0.05, 0.1) is 6.61 Å². The summed E-state index contributed by atoms with van der Waals surface area (Å²) in [5, 5.41) is 9.53. The lowest BCUT2D eigenvalue weighted by atomic mass is 10.2. The predicted octanol–water partition coefficient (Wildman–Crippen LogP) is -0.659. The van der Waals surface area contributed by atoms with Crippen molar-refractivity contribution in [3.05, 3.63) is 103 Å². The number of carbonyl (C=O) groups is 1. The first-order valence-electron chi connectivity index (χ1n) is 11.7. The largest absolute Gasteiger partial charge is 0.395 e. The zero-order chi connectivity index (χ0) is 24.8. The Labute approximate surface area is 203 Å². The summed E-state index contributed by atoms with van der Waals surface area (Å²) in [5.74, 6) is -0.211. The van der Waals surface area contributed by atoms with Crippen molar-refractivity contribution in [2.24, 2.45) is 7.05 Å². The maximum atomic E-state index is 13.7. The highest BCUT2D eigenvalue weighted by atomic mass is 16.3. The quantitative estimate of drug-likeness (QED) is 0.513. The first-order valence-corrected chi connectivity index (χ1v) is 11.7. The standard InChI is InChI=1S/C27H30N4O4/c1-28-23(18-21-8-4-2-5-9-21)27(35)31(24(26(28)34)19-22-10-6-3-7-11-22)20-25(33)30-14-12-29(13-15-30)16-17-32/h2-11,18-19,32H,12-17,20H2,1H3/b23-18-,24-19-. The molecule has 35 heavy (non-hydrogen) atoms. The van der Waals surface area contributed by atoms with E-state index in [1.54, 1.807) is 24.1 Å². The Balaban J connectivity index is 1.80. The van der Waals surface area contributed by atoms with Gasteiger partial charge in [0.1, 0.15) is 17.2 Å². The summed E-state index contributed by atoms with van der Waals surface area (Å²) in [6.45, 7) is 2.78. The zero-order valence-electron chi connectivity index (χ0n) is 19.8. The van der Waals surface area contributed by atoms with E-state index < -0.39 is 5.56 Å². The molecule has 8 nitrogen and oxygen atoms in total. The molecule has 1 N–H and O–H groups in total. The average molecular weight is 475 g/mol. The molecule has 1 saturated heterocycles. The van der Waals surface area contributed by atoms with E-state index in [2.05, 4.69) is 4.90 Å². The molecule has 1 aromatic heterocycles. The maximum absolute atomic E-state index is 13.7. The number of β-amino-alcohol motifs (C(OH)–C–C–N with tert-alkyl or cyclic N) is 1. The van der Waals surface area contributed by atoms with E-state index in [1.165, 1.54) is 9.13 Å². The lowest BCUT2D eigenvalue weighted by Crippen LogP contribution is -2.59. The van der Waals surface area contributed by atoms with Crippen LogP contribution in [-0.4, -0.2) is 69.3 Å². The van der Waals surface area contributed by atoms with Crippen molar-refractivity contribution < 1.29 is 9.90 Å². The fourth-order valence-corrected chi connectivity index (χ4v) is 4.25. The molecular formula is C27H30N4O4. The third-order valence-electron chi connectivity index (χ3n) is 6.28. The zero-order valence-corrected chi connectivity index (χ0v) is 19.8. The summed E-state index contributed by atoms with van der Waals surface area (Å²) in [6, 6.07) is 18.6. The van der Waals surface area contributed by atoms with Crippen LogP contribution in [0.25, 0.3) is 12.2 Å². The van der Waals surface area contributed by atoms with Gasteiger partial charge in [-0.15, -0.1) is 0 Å². The third-order valence-corrected chi connectivity index (χ3v) is 6.28. The number of aliphatic hydroxyl groups is 1. The monoisotopic (exact) mass is 474 g/mol. The van der Waals surface area contributed by atoms with E-state index in [-0.39, 0.29) is 35.3 Å². The van der Waals surface area contributed by atoms with Crippen molar-refractivity contribution in [1.82, 2.24) is 18.9 Å². The van der Waals surface area contributed by atoms with Crippen LogP contribution in [0.3, 0.4) is 0 Å². The van der Waals surface area contributed by atoms with Crippen molar-refractivity contribution in [2.75, 3.05) is 39.3 Å². The van der Waals surface area contributed by atoms with Gasteiger partial charge in [0.25, 0.3) is 11.1 Å². The van der Waals surface area contributed by atoms with Crippen LogP contribution in [-0.2, 0) is 18.4 Å². The molecule has 1 fully saturated rings. The van der Waals surface area contributed by atoms with Crippen LogP contribution in [0, 0.1) is 0 Å². The molecule has 1 amide bonds. The molecule has 4 rings (SSSR count). The van der Waals surface area contributed by atoms with Gasteiger partial charge in [0.2, 0.25) is 5.91 Å². The highest BCUT2D eigenvalue weighted by Crippen LogP contribution is 2.03. The summed E-state index contributed by atoms with van der Waals surface area (Å²) in [6.07, 6.45) is 3.33. The molecule has 0 radical (unpaired) electrons. The first-order chi connectivity index (χ1) is 17.0. The summed E-state index contributed by atoms with van der Waals surface area (Å²) < 4.78 is 2.64. The molecule has 2 heterocycles. The fourth-order valence-electron chi connectivity index (χ4n) is 4.25. The minimum absolute atomic E-state index is 0.0794. The summed E-state index contributed by atoms with van der Waals surface area (Å²) >= 11 is 0. The van der Waals surface area contributed by atoms with Crippen LogP contribution < -0.4 is 21.8 Å². The van der Waals surface area contributed by atoms with Crippen molar-refractivity contribution in [2.45, 2.75) is 6.54 Å². The Morgan fingerprint density at radius 3 is 1.91 bits per heavy atom. The van der Waals surface area contributed by atoms with Gasteiger partial charge in [-0.3, -0.25) is 23.9 Å². The highest BCUT2D eigenvalue weighted by Gasteiger charge is 2.22. The maximum Gasteiger partial charge on any atom is 0.275 e. The number of amides is 1. The lowest BCUT2D eigenvalue weighted by molar-refractivity contribution is -0.133. The molecular weight excluding hydrogens is 444 g/mol. The molecule has 3 aromatic rings. The second-order valence-electron chi connectivity index (χ2n) is 8.58. The number of hydrogen-bond acceptors (Lipinski definition) is 5. The van der Waals surface area contributed by atoms with E-state index in [0.717, 1.165) is 11.1 Å². The molecule has 182 valence electrons. The molecule has 1 aliphatic rings. The van der Waals surface area contributed by atoms with Crippen LogP contribution in [0.1, 0.15) is 11.1 Å². The van der Waals surface area contributed by atoms with Gasteiger partial charge in [-0.05, 0) is 23.3 Å². The van der Waals surface area contributed by atoms with E-state index in [0.29, 0.717) is 32.7 Å². The number of rotatable bonds is 6. The molecule has 2 aromatic carbocycles. The van der Waals surface area contributed by atoms with Gasteiger partial charge in [0.15, 0.2) is 0 Å². The van der Waals surface area contributed by atoms with Gasteiger partial charge in [0, 0.05) is 39.8 Å². The molecule has 0 bridgehead atoms. The van der Waals surface area contributed by atoms with E-state index in [1.807, 2.05) is 60.7 Å². The first kappa shape index (κ1) is 24.4. The topological polar surface area (TPSA) is 87.8 Å². The third kappa shape index (κ3) is 5.67. The molecule has 0 unspecified atom stereocenters. The van der Waals surface area contributed by atoms with Gasteiger partial charge in [-0.2, -0.15) is 0 Å². The average Bonchev–Trinajstić information content (AvgIpc) is 2.89. The second-order valence-corrected chi connectivity index (χ2v) is 8.58. The molecule has 0 atom stereocenters. The molecule has 1 aliphatic heterocycles.